The summed E-state index contributed by atoms with van der Waals surface area (Å²) in [5, 5.41) is 6.13. The molecule has 2 heterocycles. The lowest BCUT2D eigenvalue weighted by molar-refractivity contribution is -0.136. The lowest BCUT2D eigenvalue weighted by Gasteiger charge is -2.11. The normalized spacial score (nSPS) is 12.2. The molecule has 136 valence electrons. The fourth-order valence-electron chi connectivity index (χ4n) is 2.85. The number of fused-ring (bicyclic) bond motifs is 2. The molecule has 2 amide bonds. The van der Waals surface area contributed by atoms with Gasteiger partial charge in [0.2, 0.25) is 0 Å². The second kappa shape index (κ2) is 6.60. The number of nitrogens with one attached hydrogen (secondary N) is 2. The number of aryl methyl sites for hydroxylation is 1. The van der Waals surface area contributed by atoms with Gasteiger partial charge in [0, 0.05) is 24.1 Å². The summed E-state index contributed by atoms with van der Waals surface area (Å²) >= 11 is 0. The van der Waals surface area contributed by atoms with Crippen molar-refractivity contribution < 1.29 is 18.4 Å². The third-order valence-electron chi connectivity index (χ3n) is 4.18. The predicted octanol–water partition coefficient (Wildman–Crippen LogP) is 3.70. The van der Waals surface area contributed by atoms with E-state index in [9.17, 15) is 9.59 Å². The Morgan fingerprint density at radius 2 is 1.81 bits per heavy atom. The number of carbonyl (C=O) groups is 2. The quantitative estimate of drug-likeness (QED) is 0.541. The highest BCUT2D eigenvalue weighted by molar-refractivity contribution is 6.39. The van der Waals surface area contributed by atoms with Crippen LogP contribution in [0.3, 0.4) is 0 Å². The van der Waals surface area contributed by atoms with Crippen LogP contribution in [-0.4, -0.2) is 16.8 Å². The Bertz CT molecular complexity index is 1130. The van der Waals surface area contributed by atoms with Crippen molar-refractivity contribution in [3.63, 3.8) is 0 Å². The van der Waals surface area contributed by atoms with Crippen LogP contribution in [0.5, 0.6) is 0 Å². The lowest BCUT2D eigenvalue weighted by Crippen LogP contribution is -2.36. The van der Waals surface area contributed by atoms with E-state index in [1.807, 2.05) is 30.3 Å². The summed E-state index contributed by atoms with van der Waals surface area (Å²) in [6.07, 6.45) is 0. The van der Waals surface area contributed by atoms with Gasteiger partial charge in [-0.25, -0.2) is 4.98 Å². The van der Waals surface area contributed by atoms with E-state index in [1.54, 1.807) is 32.0 Å². The van der Waals surface area contributed by atoms with Crippen LogP contribution in [0.1, 0.15) is 24.6 Å². The van der Waals surface area contributed by atoms with Crippen molar-refractivity contribution in [3.8, 4) is 0 Å². The third kappa shape index (κ3) is 3.39. The molecule has 0 fully saturated rings. The monoisotopic (exact) mass is 363 g/mol. The number of oxazole rings is 1. The molecule has 1 unspecified atom stereocenters. The summed E-state index contributed by atoms with van der Waals surface area (Å²) in [7, 11) is 0. The number of amides is 2. The zero-order valence-corrected chi connectivity index (χ0v) is 14.8. The molecule has 0 aliphatic carbocycles. The average molecular weight is 363 g/mol. The van der Waals surface area contributed by atoms with E-state index in [4.69, 9.17) is 8.83 Å². The van der Waals surface area contributed by atoms with Crippen LogP contribution in [0.15, 0.2) is 57.4 Å². The minimum atomic E-state index is -0.770. The van der Waals surface area contributed by atoms with Gasteiger partial charge in [-0.1, -0.05) is 18.2 Å². The SMILES string of the molecule is Cc1nc2ccc(NC(=O)C(=O)NC(C)c3cc4ccccc4o3)cc2o1. The molecule has 27 heavy (non-hydrogen) atoms. The lowest BCUT2D eigenvalue weighted by atomic mass is 10.2. The molecule has 0 bridgehead atoms. The van der Waals surface area contributed by atoms with Crippen LogP contribution in [0, 0.1) is 6.92 Å². The zero-order chi connectivity index (χ0) is 19.0. The van der Waals surface area contributed by atoms with E-state index in [0.29, 0.717) is 28.4 Å². The second-order valence-electron chi connectivity index (χ2n) is 6.25. The summed E-state index contributed by atoms with van der Waals surface area (Å²) in [6.45, 7) is 3.50. The van der Waals surface area contributed by atoms with Gasteiger partial charge in [0.25, 0.3) is 0 Å². The molecule has 0 radical (unpaired) electrons. The number of carbonyl (C=O) groups excluding carboxylic acids is 2. The van der Waals surface area contributed by atoms with Gasteiger partial charge in [0.05, 0.1) is 6.04 Å². The van der Waals surface area contributed by atoms with E-state index in [1.165, 1.54) is 0 Å². The van der Waals surface area contributed by atoms with Gasteiger partial charge in [-0.2, -0.15) is 0 Å². The summed E-state index contributed by atoms with van der Waals surface area (Å²) in [5.74, 6) is -0.410. The molecular weight excluding hydrogens is 346 g/mol. The van der Waals surface area contributed by atoms with Crippen LogP contribution in [-0.2, 0) is 9.59 Å². The van der Waals surface area contributed by atoms with Gasteiger partial charge >= 0.3 is 11.8 Å². The van der Waals surface area contributed by atoms with Gasteiger partial charge in [-0.05, 0) is 31.2 Å². The first-order chi connectivity index (χ1) is 13.0. The Morgan fingerprint density at radius 3 is 2.63 bits per heavy atom. The molecule has 1 atom stereocenters. The third-order valence-corrected chi connectivity index (χ3v) is 4.18. The highest BCUT2D eigenvalue weighted by Gasteiger charge is 2.20. The zero-order valence-electron chi connectivity index (χ0n) is 14.8. The number of hydrogen-bond acceptors (Lipinski definition) is 5. The first-order valence-electron chi connectivity index (χ1n) is 8.47. The molecule has 0 spiro atoms. The first-order valence-corrected chi connectivity index (χ1v) is 8.47. The molecule has 7 nitrogen and oxygen atoms in total. The van der Waals surface area contributed by atoms with Crippen molar-refractivity contribution in [2.75, 3.05) is 5.32 Å². The Hall–Kier alpha value is -3.61. The molecule has 7 heteroatoms. The van der Waals surface area contributed by atoms with Crippen molar-refractivity contribution in [1.82, 2.24) is 10.3 Å². The number of para-hydroxylation sites is 1. The van der Waals surface area contributed by atoms with Gasteiger partial charge in [-0.3, -0.25) is 9.59 Å². The van der Waals surface area contributed by atoms with Crippen molar-refractivity contribution in [2.45, 2.75) is 19.9 Å². The van der Waals surface area contributed by atoms with Gasteiger partial charge in [0.1, 0.15) is 16.9 Å². The summed E-state index contributed by atoms with van der Waals surface area (Å²) in [6, 6.07) is 14.0. The minimum Gasteiger partial charge on any atom is -0.459 e. The van der Waals surface area contributed by atoms with Crippen LogP contribution in [0.25, 0.3) is 22.1 Å². The van der Waals surface area contributed by atoms with Crippen molar-refractivity contribution in [2.24, 2.45) is 0 Å². The number of furan rings is 1. The fraction of sp³-hybridized carbons (Fsp3) is 0.150. The van der Waals surface area contributed by atoms with Crippen LogP contribution >= 0.6 is 0 Å². The van der Waals surface area contributed by atoms with Crippen molar-refractivity contribution in [3.05, 3.63) is 60.2 Å². The van der Waals surface area contributed by atoms with Gasteiger partial charge < -0.3 is 19.5 Å². The largest absolute Gasteiger partial charge is 0.459 e. The maximum Gasteiger partial charge on any atom is 0.313 e. The topological polar surface area (TPSA) is 97.4 Å². The maximum absolute atomic E-state index is 12.2. The Balaban J connectivity index is 1.44. The standard InChI is InChI=1S/C20H17N3O4/c1-11(17-9-13-5-3-4-6-16(13)27-17)21-19(24)20(25)23-14-7-8-15-18(10-14)26-12(2)22-15/h3-11H,1-2H3,(H,21,24)(H,23,25). The number of nitrogens with zero attached hydrogens (tertiary/aromatic N) is 1. The fourth-order valence-corrected chi connectivity index (χ4v) is 2.85. The summed E-state index contributed by atoms with van der Waals surface area (Å²) < 4.78 is 11.1. The number of rotatable bonds is 3. The van der Waals surface area contributed by atoms with Crippen LogP contribution < -0.4 is 10.6 Å². The maximum atomic E-state index is 12.2. The molecule has 2 aromatic heterocycles. The molecule has 0 aliphatic rings. The van der Waals surface area contributed by atoms with E-state index >= 15 is 0 Å². The Kier molecular flexibility index (Phi) is 4.12. The number of hydrogen-bond donors (Lipinski definition) is 2. The molecule has 2 aromatic carbocycles. The molecular formula is C20H17N3O4. The van der Waals surface area contributed by atoms with E-state index in [0.717, 1.165) is 11.0 Å². The van der Waals surface area contributed by atoms with Crippen molar-refractivity contribution in [1.29, 1.82) is 0 Å². The molecule has 0 aliphatic heterocycles. The summed E-state index contributed by atoms with van der Waals surface area (Å²) in [5.41, 5.74) is 2.42. The summed E-state index contributed by atoms with van der Waals surface area (Å²) in [4.78, 5) is 28.6. The minimum absolute atomic E-state index is 0.449. The second-order valence-corrected chi connectivity index (χ2v) is 6.25. The number of benzene rings is 2. The molecule has 4 rings (SSSR count). The average Bonchev–Trinajstić information content (AvgIpc) is 3.23. The van der Waals surface area contributed by atoms with Crippen molar-refractivity contribution >= 4 is 39.6 Å². The van der Waals surface area contributed by atoms with E-state index in [-0.39, 0.29) is 0 Å². The van der Waals surface area contributed by atoms with E-state index < -0.39 is 17.9 Å². The number of aromatic nitrogens is 1. The van der Waals surface area contributed by atoms with E-state index in [2.05, 4.69) is 15.6 Å². The van der Waals surface area contributed by atoms with Crippen LogP contribution in [0.4, 0.5) is 5.69 Å². The van der Waals surface area contributed by atoms with Gasteiger partial charge in [-0.15, -0.1) is 0 Å². The van der Waals surface area contributed by atoms with Gasteiger partial charge in [0.15, 0.2) is 11.5 Å². The first kappa shape index (κ1) is 16.8. The number of anilines is 1. The molecule has 2 N–H and O–H groups in total. The Morgan fingerprint density at radius 1 is 1.00 bits per heavy atom. The predicted molar refractivity (Wildman–Crippen MR) is 100 cm³/mol. The molecule has 0 saturated carbocycles. The molecule has 4 aromatic rings. The Labute approximate surface area is 154 Å². The van der Waals surface area contributed by atoms with Crippen LogP contribution in [0.2, 0.25) is 0 Å². The highest BCUT2D eigenvalue weighted by Crippen LogP contribution is 2.23. The highest BCUT2D eigenvalue weighted by atomic mass is 16.3. The molecule has 0 saturated heterocycles. The smallest absolute Gasteiger partial charge is 0.313 e.